The summed E-state index contributed by atoms with van der Waals surface area (Å²) in [5.74, 6) is -0.107. The monoisotopic (exact) mass is 350 g/mol. The van der Waals surface area contributed by atoms with Crippen molar-refractivity contribution in [2.24, 2.45) is 5.41 Å². The summed E-state index contributed by atoms with van der Waals surface area (Å²) in [6.45, 7) is 6.55. The molecule has 0 aliphatic carbocycles. The summed E-state index contributed by atoms with van der Waals surface area (Å²) in [7, 11) is 1.63. The van der Waals surface area contributed by atoms with Gasteiger partial charge in [-0.25, -0.2) is 0 Å². The van der Waals surface area contributed by atoms with Crippen LogP contribution >= 0.6 is 11.8 Å². The molecule has 1 fully saturated rings. The average molecular weight is 350 g/mol. The van der Waals surface area contributed by atoms with Crippen molar-refractivity contribution in [3.8, 4) is 0 Å². The van der Waals surface area contributed by atoms with Crippen LogP contribution < -0.4 is 0 Å². The topological polar surface area (TPSA) is 49.9 Å². The highest BCUT2D eigenvalue weighted by Crippen LogP contribution is 2.24. The zero-order chi connectivity index (χ0) is 17.7. The van der Waals surface area contributed by atoms with Crippen LogP contribution in [0.2, 0.25) is 0 Å². The number of carbonyl (C=O) groups is 2. The normalized spacial score (nSPS) is 17.8. The number of hydrogen-bond acceptors (Lipinski definition) is 4. The highest BCUT2D eigenvalue weighted by atomic mass is 32.2. The van der Waals surface area contributed by atoms with Gasteiger partial charge in [0.1, 0.15) is 6.54 Å². The smallest absolute Gasteiger partial charge is 0.254 e. The van der Waals surface area contributed by atoms with Gasteiger partial charge in [-0.2, -0.15) is 0 Å². The number of carbonyl (C=O) groups excluding carboxylic acids is 2. The summed E-state index contributed by atoms with van der Waals surface area (Å²) in [5.41, 5.74) is 0.469. The predicted molar refractivity (Wildman–Crippen MR) is 96.4 cm³/mol. The molecule has 1 aromatic carbocycles. The van der Waals surface area contributed by atoms with Gasteiger partial charge in [-0.15, -0.1) is 11.8 Å². The van der Waals surface area contributed by atoms with E-state index in [2.05, 4.69) is 13.8 Å². The zero-order valence-electron chi connectivity index (χ0n) is 14.9. The number of methoxy groups -OCH3 is 1. The van der Waals surface area contributed by atoms with E-state index in [4.69, 9.17) is 4.74 Å². The minimum atomic E-state index is -0.158. The summed E-state index contributed by atoms with van der Waals surface area (Å²) in [6, 6.07) is 7.54. The molecule has 0 radical (unpaired) electrons. The lowest BCUT2D eigenvalue weighted by atomic mass is 9.92. The molecule has 2 amide bonds. The van der Waals surface area contributed by atoms with Crippen molar-refractivity contribution in [3.05, 3.63) is 29.8 Å². The third kappa shape index (κ3) is 4.74. The van der Waals surface area contributed by atoms with Gasteiger partial charge in [0.2, 0.25) is 5.91 Å². The predicted octanol–water partition coefficient (Wildman–Crippen LogP) is 2.37. The fraction of sp³-hybridized carbons (Fsp3) is 0.556. The molecule has 1 aliphatic heterocycles. The molecule has 24 heavy (non-hydrogen) atoms. The fourth-order valence-corrected chi connectivity index (χ4v) is 3.36. The molecule has 0 bridgehead atoms. The maximum atomic E-state index is 12.8. The summed E-state index contributed by atoms with van der Waals surface area (Å²) in [5, 5.41) is 0. The lowest BCUT2D eigenvalue weighted by Crippen LogP contribution is -2.40. The number of benzene rings is 1. The second kappa shape index (κ2) is 8.03. The highest BCUT2D eigenvalue weighted by molar-refractivity contribution is 7.98. The largest absolute Gasteiger partial charge is 0.383 e. The molecular formula is C18H26N2O3S. The van der Waals surface area contributed by atoms with Gasteiger partial charge in [0.15, 0.2) is 0 Å². The molecular weight excluding hydrogens is 324 g/mol. The molecule has 0 N–H and O–H groups in total. The molecule has 6 heteroatoms. The number of rotatable bonds is 5. The molecule has 0 unspecified atom stereocenters. The minimum absolute atomic E-state index is 0.0216. The van der Waals surface area contributed by atoms with Crippen LogP contribution in [0.25, 0.3) is 0 Å². The number of nitrogens with zero attached hydrogens (tertiary/aromatic N) is 2. The van der Waals surface area contributed by atoms with E-state index in [0.29, 0.717) is 31.8 Å². The van der Waals surface area contributed by atoms with Crippen molar-refractivity contribution < 1.29 is 14.3 Å². The number of thioether (sulfide) groups is 1. The SMILES string of the molecule is COCCN1CC(C)(C)CN(C(=O)c2ccc(SC)cc2)CC1=O. The first-order valence-electron chi connectivity index (χ1n) is 8.06. The fourth-order valence-electron chi connectivity index (χ4n) is 2.96. The first-order chi connectivity index (χ1) is 11.4. The molecule has 1 aliphatic rings. The molecule has 0 atom stereocenters. The summed E-state index contributed by atoms with van der Waals surface area (Å²) >= 11 is 1.64. The summed E-state index contributed by atoms with van der Waals surface area (Å²) in [6.07, 6.45) is 2.00. The van der Waals surface area contributed by atoms with Crippen molar-refractivity contribution in [1.29, 1.82) is 0 Å². The van der Waals surface area contributed by atoms with E-state index in [0.717, 1.165) is 4.90 Å². The Bertz CT molecular complexity index is 586. The van der Waals surface area contributed by atoms with Crippen LogP contribution in [0.15, 0.2) is 29.2 Å². The Morgan fingerprint density at radius 2 is 1.92 bits per heavy atom. The summed E-state index contributed by atoms with van der Waals surface area (Å²) < 4.78 is 5.09. The third-order valence-corrected chi connectivity index (χ3v) is 4.85. The number of amides is 2. The standard InChI is InChI=1S/C18H26N2O3S/c1-18(2)12-19(9-10-23-3)16(21)11-20(13-18)17(22)14-5-7-15(24-4)8-6-14/h5-8H,9-13H2,1-4H3. The van der Waals surface area contributed by atoms with Crippen LogP contribution in [0.3, 0.4) is 0 Å². The first kappa shape index (κ1) is 18.8. The Hall–Kier alpha value is -1.53. The van der Waals surface area contributed by atoms with Gasteiger partial charge in [-0.3, -0.25) is 9.59 Å². The Morgan fingerprint density at radius 3 is 2.50 bits per heavy atom. The van der Waals surface area contributed by atoms with Crippen LogP contribution in [0.4, 0.5) is 0 Å². The molecule has 132 valence electrons. The van der Waals surface area contributed by atoms with E-state index in [-0.39, 0.29) is 23.8 Å². The molecule has 1 heterocycles. The maximum absolute atomic E-state index is 12.8. The van der Waals surface area contributed by atoms with Crippen molar-refractivity contribution in [3.63, 3.8) is 0 Å². The number of ether oxygens (including phenoxy) is 1. The Balaban J connectivity index is 2.16. The van der Waals surface area contributed by atoms with E-state index in [1.54, 1.807) is 28.7 Å². The van der Waals surface area contributed by atoms with Gasteiger partial charge in [0.25, 0.3) is 5.91 Å². The van der Waals surface area contributed by atoms with Crippen LogP contribution in [-0.2, 0) is 9.53 Å². The van der Waals surface area contributed by atoms with Crippen molar-refractivity contribution in [2.75, 3.05) is 46.2 Å². The maximum Gasteiger partial charge on any atom is 0.254 e. The lowest BCUT2D eigenvalue weighted by Gasteiger charge is -2.30. The second-order valence-corrected chi connectivity index (χ2v) is 7.74. The molecule has 0 aromatic heterocycles. The van der Waals surface area contributed by atoms with E-state index in [9.17, 15) is 9.59 Å². The van der Waals surface area contributed by atoms with Gasteiger partial charge in [0.05, 0.1) is 6.61 Å². The first-order valence-corrected chi connectivity index (χ1v) is 9.29. The molecule has 1 aromatic rings. The Morgan fingerprint density at radius 1 is 1.25 bits per heavy atom. The van der Waals surface area contributed by atoms with E-state index >= 15 is 0 Å². The van der Waals surface area contributed by atoms with E-state index < -0.39 is 0 Å². The highest BCUT2D eigenvalue weighted by Gasteiger charge is 2.34. The van der Waals surface area contributed by atoms with Crippen LogP contribution in [0, 0.1) is 5.41 Å². The quantitative estimate of drug-likeness (QED) is 0.765. The molecule has 0 saturated carbocycles. The van der Waals surface area contributed by atoms with Gasteiger partial charge in [-0.05, 0) is 35.9 Å². The zero-order valence-corrected chi connectivity index (χ0v) is 15.7. The van der Waals surface area contributed by atoms with Gasteiger partial charge >= 0.3 is 0 Å². The van der Waals surface area contributed by atoms with Gasteiger partial charge in [0, 0.05) is 37.2 Å². The Kier molecular flexibility index (Phi) is 6.29. The second-order valence-electron chi connectivity index (χ2n) is 6.86. The number of hydrogen-bond donors (Lipinski definition) is 0. The van der Waals surface area contributed by atoms with E-state index in [1.807, 2.05) is 30.5 Å². The van der Waals surface area contributed by atoms with E-state index in [1.165, 1.54) is 0 Å². The minimum Gasteiger partial charge on any atom is -0.383 e. The van der Waals surface area contributed by atoms with Crippen molar-refractivity contribution in [2.45, 2.75) is 18.7 Å². The lowest BCUT2D eigenvalue weighted by molar-refractivity contribution is -0.131. The molecule has 0 spiro atoms. The van der Waals surface area contributed by atoms with Crippen LogP contribution in [0.5, 0.6) is 0 Å². The van der Waals surface area contributed by atoms with Crippen LogP contribution in [-0.4, -0.2) is 67.8 Å². The third-order valence-electron chi connectivity index (χ3n) is 4.11. The van der Waals surface area contributed by atoms with Gasteiger partial charge in [-0.1, -0.05) is 13.8 Å². The summed E-state index contributed by atoms with van der Waals surface area (Å²) in [4.78, 5) is 29.9. The van der Waals surface area contributed by atoms with Crippen molar-refractivity contribution >= 4 is 23.6 Å². The van der Waals surface area contributed by atoms with Crippen LogP contribution in [0.1, 0.15) is 24.2 Å². The average Bonchev–Trinajstić information content (AvgIpc) is 2.68. The van der Waals surface area contributed by atoms with Gasteiger partial charge < -0.3 is 14.5 Å². The molecule has 1 saturated heterocycles. The Labute approximate surface area is 148 Å². The van der Waals surface area contributed by atoms with Crippen molar-refractivity contribution in [1.82, 2.24) is 9.80 Å². The molecule has 5 nitrogen and oxygen atoms in total. The molecule has 2 rings (SSSR count).